The number of nitrogens with one attached hydrogen (secondary N) is 1. The fourth-order valence-electron chi connectivity index (χ4n) is 2.71. The minimum absolute atomic E-state index is 0.0970. The molecule has 5 heteroatoms. The number of nitrogens with zero attached hydrogens (tertiary/aromatic N) is 1. The molecule has 0 spiro atoms. The molecule has 3 rings (SSSR count). The molecule has 0 saturated carbocycles. The van der Waals surface area contributed by atoms with Gasteiger partial charge in [0.1, 0.15) is 6.54 Å². The van der Waals surface area contributed by atoms with E-state index in [0.29, 0.717) is 5.56 Å². The molecule has 0 atom stereocenters. The van der Waals surface area contributed by atoms with Crippen LogP contribution in [0.3, 0.4) is 0 Å². The summed E-state index contributed by atoms with van der Waals surface area (Å²) in [6.45, 7) is 5.96. The maximum atomic E-state index is 12.6. The average molecular weight is 324 g/mol. The Morgan fingerprint density at radius 2 is 1.88 bits per heavy atom. The van der Waals surface area contributed by atoms with Crippen molar-refractivity contribution >= 4 is 22.6 Å². The van der Waals surface area contributed by atoms with Crippen LogP contribution in [0.4, 0.5) is 0 Å². The van der Waals surface area contributed by atoms with Crippen LogP contribution in [0, 0.1) is 0 Å². The summed E-state index contributed by atoms with van der Waals surface area (Å²) in [4.78, 5) is 24.9. The van der Waals surface area contributed by atoms with Crippen LogP contribution in [0.15, 0.2) is 53.3 Å². The molecule has 0 radical (unpaired) electrons. The van der Waals surface area contributed by atoms with Crippen LogP contribution in [0.2, 0.25) is 0 Å². The van der Waals surface area contributed by atoms with Gasteiger partial charge in [0.25, 0.3) is 0 Å². The Bertz CT molecular complexity index is 883. The topological polar surface area (TPSA) is 64.2 Å². The van der Waals surface area contributed by atoms with Gasteiger partial charge in [0.05, 0.1) is 11.8 Å². The third-order valence-electron chi connectivity index (χ3n) is 3.61. The lowest BCUT2D eigenvalue weighted by molar-refractivity contribution is -0.123. The number of fused-ring (bicyclic) bond motifs is 1. The molecule has 24 heavy (non-hydrogen) atoms. The molecular formula is C19H20N2O3. The Kier molecular flexibility index (Phi) is 4.01. The van der Waals surface area contributed by atoms with Crippen molar-refractivity contribution in [3.05, 3.63) is 60.2 Å². The second kappa shape index (κ2) is 6.00. The van der Waals surface area contributed by atoms with Crippen LogP contribution in [0.1, 0.15) is 36.9 Å². The van der Waals surface area contributed by atoms with Crippen molar-refractivity contribution in [2.45, 2.75) is 32.9 Å². The highest BCUT2D eigenvalue weighted by Gasteiger charge is 2.20. The van der Waals surface area contributed by atoms with Crippen LogP contribution in [-0.2, 0) is 11.3 Å². The number of aromatic nitrogens is 1. The standard InChI is InChI=1S/C19H20N2O3/c1-19(2,3)20-17(22)12-21-11-14(13-7-4-5-8-15(13)21)18(23)16-9-6-10-24-16/h4-11H,12H2,1-3H3,(H,20,22). The van der Waals surface area contributed by atoms with Crippen molar-refractivity contribution in [1.82, 2.24) is 9.88 Å². The van der Waals surface area contributed by atoms with Gasteiger partial charge in [-0.25, -0.2) is 0 Å². The molecule has 5 nitrogen and oxygen atoms in total. The number of carbonyl (C=O) groups excluding carboxylic acids is 2. The van der Waals surface area contributed by atoms with Crippen molar-refractivity contribution in [3.63, 3.8) is 0 Å². The summed E-state index contributed by atoms with van der Waals surface area (Å²) in [5, 5.41) is 3.74. The minimum Gasteiger partial charge on any atom is -0.461 e. The molecule has 0 unspecified atom stereocenters. The highest BCUT2D eigenvalue weighted by Crippen LogP contribution is 2.24. The SMILES string of the molecule is CC(C)(C)NC(=O)Cn1cc(C(=O)c2ccco2)c2ccccc21. The lowest BCUT2D eigenvalue weighted by Crippen LogP contribution is -2.42. The van der Waals surface area contributed by atoms with E-state index in [4.69, 9.17) is 4.42 Å². The molecular weight excluding hydrogens is 304 g/mol. The van der Waals surface area contributed by atoms with E-state index < -0.39 is 0 Å². The minimum atomic E-state index is -0.299. The number of furan rings is 1. The zero-order valence-corrected chi connectivity index (χ0v) is 14.0. The first-order valence-electron chi connectivity index (χ1n) is 7.82. The van der Waals surface area contributed by atoms with Crippen molar-refractivity contribution in [2.75, 3.05) is 0 Å². The highest BCUT2D eigenvalue weighted by atomic mass is 16.3. The number of ketones is 1. The molecule has 0 aliphatic rings. The Hall–Kier alpha value is -2.82. The summed E-state index contributed by atoms with van der Waals surface area (Å²) < 4.78 is 7.01. The average Bonchev–Trinajstić information content (AvgIpc) is 3.13. The largest absolute Gasteiger partial charge is 0.461 e. The first-order valence-corrected chi connectivity index (χ1v) is 7.82. The molecule has 1 amide bonds. The van der Waals surface area contributed by atoms with Crippen LogP contribution < -0.4 is 5.32 Å². The number of amides is 1. The molecule has 0 aliphatic carbocycles. The number of hydrogen-bond donors (Lipinski definition) is 1. The first-order chi connectivity index (χ1) is 11.3. The van der Waals surface area contributed by atoms with Gasteiger partial charge in [0.2, 0.25) is 11.7 Å². The lowest BCUT2D eigenvalue weighted by atomic mass is 10.1. The van der Waals surface area contributed by atoms with Crippen LogP contribution in [0.5, 0.6) is 0 Å². The molecule has 0 fully saturated rings. The van der Waals surface area contributed by atoms with E-state index in [9.17, 15) is 9.59 Å². The van der Waals surface area contributed by atoms with Gasteiger partial charge in [-0.3, -0.25) is 9.59 Å². The maximum Gasteiger partial charge on any atom is 0.240 e. The zero-order valence-electron chi connectivity index (χ0n) is 14.0. The summed E-state index contributed by atoms with van der Waals surface area (Å²) in [5.74, 6) is 0.00322. The fraction of sp³-hybridized carbons (Fsp3) is 0.263. The normalized spacial score (nSPS) is 11.6. The highest BCUT2D eigenvalue weighted by molar-refractivity contribution is 6.15. The Labute approximate surface area is 140 Å². The molecule has 1 N–H and O–H groups in total. The van der Waals surface area contributed by atoms with Crippen molar-refractivity contribution in [3.8, 4) is 0 Å². The van der Waals surface area contributed by atoms with Crippen molar-refractivity contribution in [1.29, 1.82) is 0 Å². The molecule has 2 aromatic heterocycles. The van der Waals surface area contributed by atoms with Crippen molar-refractivity contribution < 1.29 is 14.0 Å². The second-order valence-corrected chi connectivity index (χ2v) is 6.79. The molecule has 2 heterocycles. The third-order valence-corrected chi connectivity index (χ3v) is 3.61. The third kappa shape index (κ3) is 3.25. The summed E-state index contributed by atoms with van der Waals surface area (Å²) in [7, 11) is 0. The Morgan fingerprint density at radius 1 is 1.12 bits per heavy atom. The molecule has 124 valence electrons. The van der Waals surface area contributed by atoms with Crippen LogP contribution in [0.25, 0.3) is 10.9 Å². The zero-order chi connectivity index (χ0) is 17.3. The summed E-state index contributed by atoms with van der Waals surface area (Å²) in [5.41, 5.74) is 1.08. The van der Waals surface area contributed by atoms with Gasteiger partial charge in [-0.15, -0.1) is 0 Å². The van der Waals surface area contributed by atoms with Crippen LogP contribution >= 0.6 is 0 Å². The van der Waals surface area contributed by atoms with E-state index in [1.54, 1.807) is 22.9 Å². The summed E-state index contributed by atoms with van der Waals surface area (Å²) in [6, 6.07) is 10.9. The van der Waals surface area contributed by atoms with E-state index in [2.05, 4.69) is 5.32 Å². The predicted octanol–water partition coefficient (Wildman–Crippen LogP) is 3.38. The van der Waals surface area contributed by atoms with Gasteiger partial charge < -0.3 is 14.3 Å². The maximum absolute atomic E-state index is 12.6. The van der Waals surface area contributed by atoms with E-state index >= 15 is 0 Å². The molecule has 3 aromatic rings. The van der Waals surface area contributed by atoms with Gasteiger partial charge in [-0.2, -0.15) is 0 Å². The smallest absolute Gasteiger partial charge is 0.240 e. The number of hydrogen-bond acceptors (Lipinski definition) is 3. The van der Waals surface area contributed by atoms with Gasteiger partial charge in [-0.05, 0) is 39.0 Å². The quantitative estimate of drug-likeness (QED) is 0.748. The lowest BCUT2D eigenvalue weighted by Gasteiger charge is -2.20. The number of carbonyl (C=O) groups is 2. The molecule has 0 aliphatic heterocycles. The van der Waals surface area contributed by atoms with E-state index in [0.717, 1.165) is 10.9 Å². The van der Waals surface area contributed by atoms with Gasteiger partial charge in [0, 0.05) is 22.6 Å². The van der Waals surface area contributed by atoms with Gasteiger partial charge >= 0.3 is 0 Å². The summed E-state index contributed by atoms with van der Waals surface area (Å²) >= 11 is 0. The molecule has 0 saturated heterocycles. The number of benzene rings is 1. The van der Waals surface area contributed by atoms with Gasteiger partial charge in [-0.1, -0.05) is 18.2 Å². The molecule has 0 bridgehead atoms. The number of para-hydroxylation sites is 1. The van der Waals surface area contributed by atoms with Gasteiger partial charge in [0.15, 0.2) is 5.76 Å². The monoisotopic (exact) mass is 324 g/mol. The van der Waals surface area contributed by atoms with Crippen molar-refractivity contribution in [2.24, 2.45) is 0 Å². The summed E-state index contributed by atoms with van der Waals surface area (Å²) in [6.07, 6.45) is 3.20. The Morgan fingerprint density at radius 3 is 2.54 bits per heavy atom. The van der Waals surface area contributed by atoms with E-state index in [1.807, 2.05) is 45.0 Å². The second-order valence-electron chi connectivity index (χ2n) is 6.79. The predicted molar refractivity (Wildman–Crippen MR) is 92.0 cm³/mol. The van der Waals surface area contributed by atoms with Crippen LogP contribution in [-0.4, -0.2) is 21.8 Å². The van der Waals surface area contributed by atoms with E-state index in [-0.39, 0.29) is 29.5 Å². The van der Waals surface area contributed by atoms with E-state index in [1.165, 1.54) is 6.26 Å². The Balaban J connectivity index is 1.98. The fourth-order valence-corrected chi connectivity index (χ4v) is 2.71. The first kappa shape index (κ1) is 16.1. The molecule has 1 aromatic carbocycles. The number of rotatable bonds is 4.